The second kappa shape index (κ2) is 33.6. The van der Waals surface area contributed by atoms with Crippen molar-refractivity contribution in [3.05, 3.63) is 0 Å². The Bertz CT molecular complexity index is 746. The quantitative estimate of drug-likeness (QED) is 0.0273. The van der Waals surface area contributed by atoms with E-state index >= 15 is 0 Å². The van der Waals surface area contributed by atoms with Crippen molar-refractivity contribution in [3.8, 4) is 0 Å². The van der Waals surface area contributed by atoms with Gasteiger partial charge < -0.3 is 27.9 Å². The fraction of sp³-hybridized carbons (Fsp3) is 0.974. The summed E-state index contributed by atoms with van der Waals surface area (Å²) in [6, 6.07) is 0. The van der Waals surface area contributed by atoms with E-state index in [0.717, 1.165) is 32.1 Å². The number of hydrogen-bond donors (Lipinski definition) is 0. The van der Waals surface area contributed by atoms with Crippen LogP contribution in [0.15, 0.2) is 0 Å². The van der Waals surface area contributed by atoms with Gasteiger partial charge in [-0.15, -0.1) is 0 Å². The minimum Gasteiger partial charge on any atom is -0.756 e. The van der Waals surface area contributed by atoms with E-state index in [4.69, 9.17) is 18.5 Å². The number of ether oxygens (including phenoxy) is 2. The molecule has 0 rings (SSSR count). The Morgan fingerprint density at radius 2 is 0.958 bits per heavy atom. The summed E-state index contributed by atoms with van der Waals surface area (Å²) in [6.45, 7) is 5.42. The van der Waals surface area contributed by atoms with Gasteiger partial charge in [-0.05, 0) is 12.8 Å². The summed E-state index contributed by atoms with van der Waals surface area (Å²) >= 11 is 0. The first-order valence-electron chi connectivity index (χ1n) is 20.3. The lowest BCUT2D eigenvalue weighted by molar-refractivity contribution is -0.870. The predicted molar refractivity (Wildman–Crippen MR) is 199 cm³/mol. The zero-order valence-corrected chi connectivity index (χ0v) is 33.4. The molecule has 0 amide bonds. The summed E-state index contributed by atoms with van der Waals surface area (Å²) in [6.07, 6.45) is 32.6. The Labute approximate surface area is 298 Å². The molecule has 0 spiro atoms. The Kier molecular flexibility index (Phi) is 33.3. The highest BCUT2D eigenvalue weighted by Gasteiger charge is 2.20. The molecule has 2 unspecified atom stereocenters. The molecule has 0 aromatic rings. The molecule has 0 heterocycles. The summed E-state index contributed by atoms with van der Waals surface area (Å²) in [5.74, 6) is -0.331. The molecule has 0 saturated carbocycles. The van der Waals surface area contributed by atoms with Crippen LogP contribution in [0.2, 0.25) is 0 Å². The standard InChI is InChI=1S/C39H80NO7P/c1-6-8-10-12-14-16-17-18-19-20-21-22-23-24-25-26-28-30-32-39(41)47-38(36-44-34-31-29-27-15-13-11-9-7-2)37-46-48(42,43)45-35-33-40(3,4)5/h38H,6-37H2,1-5H3. The van der Waals surface area contributed by atoms with Crippen molar-refractivity contribution < 1.29 is 37.3 Å². The maximum Gasteiger partial charge on any atom is 0.306 e. The van der Waals surface area contributed by atoms with Crippen LogP contribution in [0.1, 0.15) is 187 Å². The lowest BCUT2D eigenvalue weighted by atomic mass is 10.0. The van der Waals surface area contributed by atoms with Crippen LogP contribution >= 0.6 is 7.82 Å². The van der Waals surface area contributed by atoms with E-state index in [-0.39, 0.29) is 25.8 Å². The van der Waals surface area contributed by atoms with Crippen LogP contribution < -0.4 is 4.89 Å². The van der Waals surface area contributed by atoms with Gasteiger partial charge in [0.15, 0.2) is 0 Å². The molecule has 0 N–H and O–H groups in total. The van der Waals surface area contributed by atoms with Crippen molar-refractivity contribution in [1.82, 2.24) is 0 Å². The summed E-state index contributed by atoms with van der Waals surface area (Å²) in [5.41, 5.74) is 0. The Balaban J connectivity index is 4.13. The van der Waals surface area contributed by atoms with Gasteiger partial charge >= 0.3 is 5.97 Å². The van der Waals surface area contributed by atoms with Gasteiger partial charge in [0, 0.05) is 13.0 Å². The number of phosphoric ester groups is 1. The van der Waals surface area contributed by atoms with Crippen LogP contribution in [0.5, 0.6) is 0 Å². The highest BCUT2D eigenvalue weighted by molar-refractivity contribution is 7.45. The summed E-state index contributed by atoms with van der Waals surface area (Å²) in [4.78, 5) is 24.9. The second-order valence-corrected chi connectivity index (χ2v) is 16.4. The van der Waals surface area contributed by atoms with Gasteiger partial charge in [-0.3, -0.25) is 9.36 Å². The molecule has 0 radical (unpaired) electrons. The summed E-state index contributed by atoms with van der Waals surface area (Å²) < 4.78 is 34.4. The summed E-state index contributed by atoms with van der Waals surface area (Å²) in [7, 11) is 1.37. The van der Waals surface area contributed by atoms with E-state index in [2.05, 4.69) is 13.8 Å². The predicted octanol–water partition coefficient (Wildman–Crippen LogP) is 10.7. The van der Waals surface area contributed by atoms with E-state index in [9.17, 15) is 14.3 Å². The number of rotatable bonds is 38. The van der Waals surface area contributed by atoms with Crippen molar-refractivity contribution in [2.24, 2.45) is 0 Å². The number of carbonyl (C=O) groups is 1. The van der Waals surface area contributed by atoms with Crippen molar-refractivity contribution in [2.75, 3.05) is 54.1 Å². The number of esters is 1. The Morgan fingerprint density at radius 1 is 0.562 bits per heavy atom. The topological polar surface area (TPSA) is 94.1 Å². The molecule has 0 aromatic carbocycles. The largest absolute Gasteiger partial charge is 0.756 e. The molecule has 0 aliphatic rings. The van der Waals surface area contributed by atoms with Crippen molar-refractivity contribution >= 4 is 13.8 Å². The molecule has 0 aliphatic carbocycles. The minimum absolute atomic E-state index is 0.0308. The molecule has 0 aliphatic heterocycles. The molecule has 288 valence electrons. The van der Waals surface area contributed by atoms with Gasteiger partial charge in [0.25, 0.3) is 7.82 Å². The molecule has 0 bridgehead atoms. The van der Waals surface area contributed by atoms with Crippen LogP contribution in [0, 0.1) is 0 Å². The van der Waals surface area contributed by atoms with Gasteiger partial charge in [0.1, 0.15) is 19.3 Å². The first-order valence-corrected chi connectivity index (χ1v) is 21.7. The monoisotopic (exact) mass is 706 g/mol. The summed E-state index contributed by atoms with van der Waals surface area (Å²) in [5, 5.41) is 0. The zero-order chi connectivity index (χ0) is 35.6. The van der Waals surface area contributed by atoms with Crippen molar-refractivity contribution in [1.29, 1.82) is 0 Å². The second-order valence-electron chi connectivity index (χ2n) is 15.0. The number of quaternary nitrogens is 1. The van der Waals surface area contributed by atoms with E-state index < -0.39 is 13.9 Å². The highest BCUT2D eigenvalue weighted by Crippen LogP contribution is 2.38. The van der Waals surface area contributed by atoms with Crippen LogP contribution in [-0.2, 0) is 27.9 Å². The molecule has 48 heavy (non-hydrogen) atoms. The van der Waals surface area contributed by atoms with E-state index in [1.807, 2.05) is 21.1 Å². The van der Waals surface area contributed by atoms with Gasteiger partial charge in [-0.25, -0.2) is 0 Å². The maximum absolute atomic E-state index is 12.6. The number of hydrogen-bond acceptors (Lipinski definition) is 7. The number of phosphoric acid groups is 1. The smallest absolute Gasteiger partial charge is 0.306 e. The number of unbranched alkanes of at least 4 members (excludes halogenated alkanes) is 24. The molecule has 0 fully saturated rings. The SMILES string of the molecule is CCCCCCCCCCCCCCCCCCCCC(=O)OC(COCCCCCCCCCC)COP(=O)([O-])OCC[N+](C)(C)C. The lowest BCUT2D eigenvalue weighted by Gasteiger charge is -2.28. The third-order valence-corrected chi connectivity index (χ3v) is 9.87. The van der Waals surface area contributed by atoms with Crippen LogP contribution in [0.25, 0.3) is 0 Å². The maximum atomic E-state index is 12.6. The van der Waals surface area contributed by atoms with Gasteiger partial charge in [-0.2, -0.15) is 0 Å². The molecule has 0 saturated heterocycles. The molecular formula is C39H80NO7P. The molecule has 0 aromatic heterocycles. The first kappa shape index (κ1) is 47.5. The van der Waals surface area contributed by atoms with Crippen LogP contribution in [0.3, 0.4) is 0 Å². The van der Waals surface area contributed by atoms with Gasteiger partial charge in [0.05, 0.1) is 34.4 Å². The zero-order valence-electron chi connectivity index (χ0n) is 32.5. The number of likely N-dealkylation sites (N-methyl/N-ethyl adjacent to an activating group) is 1. The van der Waals surface area contributed by atoms with Gasteiger partial charge in [-0.1, -0.05) is 168 Å². The first-order chi connectivity index (χ1) is 23.1. The highest BCUT2D eigenvalue weighted by atomic mass is 31.2. The minimum atomic E-state index is -4.51. The van der Waals surface area contributed by atoms with Crippen LogP contribution in [0.4, 0.5) is 0 Å². The third kappa shape index (κ3) is 36.8. The molecular weight excluding hydrogens is 625 g/mol. The normalized spacial score (nSPS) is 13.9. The fourth-order valence-corrected chi connectivity index (χ4v) is 6.45. The fourth-order valence-electron chi connectivity index (χ4n) is 5.72. The van der Waals surface area contributed by atoms with E-state index in [0.29, 0.717) is 24.1 Å². The van der Waals surface area contributed by atoms with Crippen molar-refractivity contribution in [2.45, 2.75) is 193 Å². The number of nitrogens with zero attached hydrogens (tertiary/aromatic N) is 1. The van der Waals surface area contributed by atoms with E-state index in [1.165, 1.54) is 135 Å². The van der Waals surface area contributed by atoms with Crippen molar-refractivity contribution in [3.63, 3.8) is 0 Å². The van der Waals surface area contributed by atoms with Crippen LogP contribution in [-0.4, -0.2) is 70.7 Å². The Morgan fingerprint density at radius 3 is 1.38 bits per heavy atom. The Hall–Kier alpha value is -0.500. The molecule has 9 heteroatoms. The average molecular weight is 706 g/mol. The van der Waals surface area contributed by atoms with E-state index in [1.54, 1.807) is 0 Å². The lowest BCUT2D eigenvalue weighted by Crippen LogP contribution is -2.37. The third-order valence-electron chi connectivity index (χ3n) is 8.91. The average Bonchev–Trinajstić information content (AvgIpc) is 3.03. The number of carbonyl (C=O) groups excluding carboxylic acids is 1. The molecule has 2 atom stereocenters. The molecule has 8 nitrogen and oxygen atoms in total. The van der Waals surface area contributed by atoms with Gasteiger partial charge in [0.2, 0.25) is 0 Å².